The zero-order valence-corrected chi connectivity index (χ0v) is 5.60. The van der Waals surface area contributed by atoms with Crippen LogP contribution in [-0.2, 0) is 4.74 Å². The molecule has 2 atom stereocenters. The highest BCUT2D eigenvalue weighted by Gasteiger charge is 2.29. The molecule has 2 aliphatic rings. The summed E-state index contributed by atoms with van der Waals surface area (Å²) in [5, 5.41) is 3.38. The van der Waals surface area contributed by atoms with Crippen molar-refractivity contribution in [2.45, 2.75) is 6.42 Å². The van der Waals surface area contributed by atoms with Crippen molar-refractivity contribution in [3.63, 3.8) is 0 Å². The number of nitrogens with one attached hydrogen (secondary N) is 1. The Morgan fingerprint density at radius 3 is 3.00 bits per heavy atom. The fourth-order valence-electron chi connectivity index (χ4n) is 1.76. The molecule has 0 aromatic rings. The third-order valence-electron chi connectivity index (χ3n) is 2.43. The molecule has 2 rings (SSSR count). The minimum absolute atomic E-state index is 0.832. The molecule has 2 heteroatoms. The Kier molecular flexibility index (Phi) is 1.44. The largest absolute Gasteiger partial charge is 0.381 e. The van der Waals surface area contributed by atoms with Gasteiger partial charge in [0.15, 0.2) is 0 Å². The molecule has 0 bridgehead atoms. The molecule has 2 aliphatic heterocycles. The molecular formula is C7H13NO. The van der Waals surface area contributed by atoms with Crippen molar-refractivity contribution in [3.05, 3.63) is 0 Å². The summed E-state index contributed by atoms with van der Waals surface area (Å²) in [5.74, 6) is 1.71. The lowest BCUT2D eigenvalue weighted by Gasteiger charge is -2.23. The SMILES string of the molecule is C1C[C@@H]2COC[C@H]2CN1. The zero-order chi connectivity index (χ0) is 6.10. The first-order chi connectivity index (χ1) is 4.47. The van der Waals surface area contributed by atoms with E-state index in [1.807, 2.05) is 0 Å². The topological polar surface area (TPSA) is 21.3 Å². The first kappa shape index (κ1) is 5.69. The van der Waals surface area contributed by atoms with E-state index in [1.54, 1.807) is 0 Å². The molecule has 0 unspecified atom stereocenters. The van der Waals surface area contributed by atoms with Gasteiger partial charge in [-0.25, -0.2) is 0 Å². The van der Waals surface area contributed by atoms with Crippen LogP contribution >= 0.6 is 0 Å². The fraction of sp³-hybridized carbons (Fsp3) is 1.00. The highest BCUT2D eigenvalue weighted by atomic mass is 16.5. The van der Waals surface area contributed by atoms with E-state index in [4.69, 9.17) is 4.74 Å². The molecule has 2 nitrogen and oxygen atoms in total. The van der Waals surface area contributed by atoms with Crippen molar-refractivity contribution < 1.29 is 4.74 Å². The van der Waals surface area contributed by atoms with Gasteiger partial charge in [0.25, 0.3) is 0 Å². The smallest absolute Gasteiger partial charge is 0.0510 e. The first-order valence-electron chi connectivity index (χ1n) is 3.75. The van der Waals surface area contributed by atoms with E-state index in [2.05, 4.69) is 5.32 Å². The average molecular weight is 127 g/mol. The standard InChI is InChI=1S/C7H13NO/c1-2-8-3-7-5-9-4-6(1)7/h6-8H,1-5H2/t6-,7-/m1/s1. The van der Waals surface area contributed by atoms with Crippen molar-refractivity contribution in [1.82, 2.24) is 5.32 Å². The zero-order valence-electron chi connectivity index (χ0n) is 5.60. The van der Waals surface area contributed by atoms with Gasteiger partial charge >= 0.3 is 0 Å². The van der Waals surface area contributed by atoms with E-state index in [0.29, 0.717) is 0 Å². The van der Waals surface area contributed by atoms with Gasteiger partial charge in [0.05, 0.1) is 6.61 Å². The maximum absolute atomic E-state index is 5.35. The lowest BCUT2D eigenvalue weighted by atomic mass is 9.90. The van der Waals surface area contributed by atoms with Gasteiger partial charge in [-0.2, -0.15) is 0 Å². The van der Waals surface area contributed by atoms with Crippen LogP contribution < -0.4 is 5.32 Å². The second kappa shape index (κ2) is 2.27. The van der Waals surface area contributed by atoms with E-state index < -0.39 is 0 Å². The lowest BCUT2D eigenvalue weighted by Crippen LogP contribution is -2.35. The van der Waals surface area contributed by atoms with Crippen molar-refractivity contribution in [1.29, 1.82) is 0 Å². The van der Waals surface area contributed by atoms with E-state index in [0.717, 1.165) is 25.0 Å². The number of rotatable bonds is 0. The van der Waals surface area contributed by atoms with Gasteiger partial charge < -0.3 is 10.1 Å². The minimum Gasteiger partial charge on any atom is -0.381 e. The van der Waals surface area contributed by atoms with E-state index >= 15 is 0 Å². The van der Waals surface area contributed by atoms with Crippen LogP contribution in [0.3, 0.4) is 0 Å². The van der Waals surface area contributed by atoms with E-state index in [1.165, 1.54) is 19.5 Å². The predicted octanol–water partition coefficient (Wildman–Crippen LogP) is 0.242. The molecule has 0 spiro atoms. The third kappa shape index (κ3) is 0.970. The van der Waals surface area contributed by atoms with Gasteiger partial charge in [-0.15, -0.1) is 0 Å². The molecule has 0 amide bonds. The van der Waals surface area contributed by atoms with Crippen LogP contribution in [0, 0.1) is 11.8 Å². The summed E-state index contributed by atoms with van der Waals surface area (Å²) in [5.41, 5.74) is 0. The predicted molar refractivity (Wildman–Crippen MR) is 35.3 cm³/mol. The van der Waals surface area contributed by atoms with E-state index in [-0.39, 0.29) is 0 Å². The van der Waals surface area contributed by atoms with Crippen LogP contribution in [0.4, 0.5) is 0 Å². The Bertz CT molecular complexity index is 93.1. The summed E-state index contributed by atoms with van der Waals surface area (Å²) in [6.45, 7) is 4.40. The van der Waals surface area contributed by atoms with Crippen LogP contribution in [0.5, 0.6) is 0 Å². The third-order valence-corrected chi connectivity index (χ3v) is 2.43. The molecule has 0 aromatic carbocycles. The Morgan fingerprint density at radius 2 is 2.11 bits per heavy atom. The first-order valence-corrected chi connectivity index (χ1v) is 3.75. The van der Waals surface area contributed by atoms with Crippen molar-refractivity contribution in [2.24, 2.45) is 11.8 Å². The Labute approximate surface area is 55.6 Å². The maximum atomic E-state index is 5.35. The molecular weight excluding hydrogens is 114 g/mol. The molecule has 9 heavy (non-hydrogen) atoms. The Balaban J connectivity index is 1.97. The van der Waals surface area contributed by atoms with Gasteiger partial charge in [-0.05, 0) is 24.8 Å². The Morgan fingerprint density at radius 1 is 1.22 bits per heavy atom. The average Bonchev–Trinajstić information content (AvgIpc) is 2.33. The summed E-state index contributed by atoms with van der Waals surface area (Å²) in [7, 11) is 0. The summed E-state index contributed by atoms with van der Waals surface area (Å²) in [4.78, 5) is 0. The second-order valence-electron chi connectivity index (χ2n) is 3.05. The van der Waals surface area contributed by atoms with Crippen molar-refractivity contribution >= 4 is 0 Å². The van der Waals surface area contributed by atoms with Crippen molar-refractivity contribution in [3.8, 4) is 0 Å². The van der Waals surface area contributed by atoms with Crippen LogP contribution in [0.15, 0.2) is 0 Å². The summed E-state index contributed by atoms with van der Waals surface area (Å²) in [6.07, 6.45) is 1.32. The van der Waals surface area contributed by atoms with Crippen LogP contribution in [0.1, 0.15) is 6.42 Å². The highest BCUT2D eigenvalue weighted by Crippen LogP contribution is 2.25. The minimum atomic E-state index is 0.832. The molecule has 0 radical (unpaired) electrons. The molecule has 0 aliphatic carbocycles. The van der Waals surface area contributed by atoms with Crippen LogP contribution in [-0.4, -0.2) is 26.3 Å². The molecule has 0 saturated carbocycles. The number of piperidine rings is 1. The molecule has 1 N–H and O–H groups in total. The molecule has 2 fully saturated rings. The normalized spacial score (nSPS) is 42.7. The van der Waals surface area contributed by atoms with Gasteiger partial charge in [0, 0.05) is 13.2 Å². The maximum Gasteiger partial charge on any atom is 0.0510 e. The molecule has 52 valence electrons. The summed E-state index contributed by atoms with van der Waals surface area (Å²) in [6, 6.07) is 0. The quantitative estimate of drug-likeness (QED) is 0.503. The molecule has 0 aromatic heterocycles. The number of fused-ring (bicyclic) bond motifs is 1. The monoisotopic (exact) mass is 127 g/mol. The lowest BCUT2D eigenvalue weighted by molar-refractivity contribution is 0.182. The molecule has 2 heterocycles. The summed E-state index contributed by atoms with van der Waals surface area (Å²) >= 11 is 0. The van der Waals surface area contributed by atoms with Gasteiger partial charge in [0.2, 0.25) is 0 Å². The van der Waals surface area contributed by atoms with Gasteiger partial charge in [-0.1, -0.05) is 0 Å². The number of hydrogen-bond acceptors (Lipinski definition) is 2. The second-order valence-corrected chi connectivity index (χ2v) is 3.05. The van der Waals surface area contributed by atoms with Gasteiger partial charge in [0.1, 0.15) is 0 Å². The van der Waals surface area contributed by atoms with E-state index in [9.17, 15) is 0 Å². The number of hydrogen-bond donors (Lipinski definition) is 1. The van der Waals surface area contributed by atoms with Crippen molar-refractivity contribution in [2.75, 3.05) is 26.3 Å². The Hall–Kier alpha value is -0.0800. The van der Waals surface area contributed by atoms with Gasteiger partial charge in [-0.3, -0.25) is 0 Å². The number of ether oxygens (including phenoxy) is 1. The molecule has 2 saturated heterocycles. The van der Waals surface area contributed by atoms with Crippen LogP contribution in [0.2, 0.25) is 0 Å². The van der Waals surface area contributed by atoms with Crippen LogP contribution in [0.25, 0.3) is 0 Å². The highest BCUT2D eigenvalue weighted by molar-refractivity contribution is 4.81. The fourth-order valence-corrected chi connectivity index (χ4v) is 1.76. The summed E-state index contributed by atoms with van der Waals surface area (Å²) < 4.78 is 5.35.